The number of aryl methyl sites for hydroxylation is 1. The smallest absolute Gasteiger partial charge is 0.180 e. The largest absolute Gasteiger partial charge is 0.375 e. The van der Waals surface area contributed by atoms with Gasteiger partial charge in [-0.25, -0.2) is 4.98 Å². The molecule has 0 aromatic carbocycles. The molecule has 1 unspecified atom stereocenters. The highest BCUT2D eigenvalue weighted by molar-refractivity contribution is 7.15. The summed E-state index contributed by atoms with van der Waals surface area (Å²) >= 11 is 1.64. The highest BCUT2D eigenvalue weighted by Gasteiger charge is 2.25. The molecule has 1 aromatic rings. The monoisotopic (exact) mass is 249 g/mol. The van der Waals surface area contributed by atoms with E-state index in [-0.39, 0.29) is 0 Å². The van der Waals surface area contributed by atoms with Crippen molar-refractivity contribution in [2.45, 2.75) is 38.6 Å². The maximum Gasteiger partial charge on any atom is 0.180 e. The molecule has 4 heteroatoms. The van der Waals surface area contributed by atoms with Crippen molar-refractivity contribution in [2.24, 2.45) is 0 Å². The van der Waals surface area contributed by atoms with Crippen LogP contribution in [0.3, 0.4) is 0 Å². The van der Waals surface area contributed by atoms with Crippen molar-refractivity contribution in [3.63, 3.8) is 0 Å². The Balaban J connectivity index is 2.07. The van der Waals surface area contributed by atoms with Crippen LogP contribution in [0.25, 0.3) is 0 Å². The van der Waals surface area contributed by atoms with E-state index in [0.717, 1.165) is 38.8 Å². The van der Waals surface area contributed by atoms with Crippen LogP contribution in [0, 0.1) is 12.3 Å². The Bertz CT molecular complexity index is 419. The van der Waals surface area contributed by atoms with Gasteiger partial charge in [0.15, 0.2) is 5.13 Å². The number of aromatic nitrogens is 1. The van der Waals surface area contributed by atoms with Gasteiger partial charge in [-0.2, -0.15) is 0 Å². The third-order valence-electron chi connectivity index (χ3n) is 3.25. The Morgan fingerprint density at radius 1 is 1.65 bits per heavy atom. The number of nitrogens with zero attached hydrogens (tertiary/aromatic N) is 2. The molecular formula is C13H19N3S. The Labute approximate surface area is 107 Å². The number of nitrogens with two attached hydrogens (primary N) is 1. The molecule has 0 radical (unpaired) electrons. The van der Waals surface area contributed by atoms with Crippen molar-refractivity contribution in [1.29, 1.82) is 0 Å². The lowest BCUT2D eigenvalue weighted by atomic mass is 9.96. The molecule has 1 atom stereocenters. The minimum atomic E-state index is 0.568. The number of thiazole rings is 1. The fourth-order valence-corrected chi connectivity index (χ4v) is 3.43. The molecule has 1 aliphatic rings. The summed E-state index contributed by atoms with van der Waals surface area (Å²) in [5, 5.41) is 0.703. The standard InChI is InChI=1S/C13H19N3S/c1-3-7-16(8-4-2)10-5-6-11-12(9-10)17-13(14)15-11/h1,10H,4-9H2,2H3,(H2,14,15). The van der Waals surface area contributed by atoms with Gasteiger partial charge in [-0.3, -0.25) is 4.90 Å². The van der Waals surface area contributed by atoms with E-state index in [1.165, 1.54) is 10.6 Å². The third kappa shape index (κ3) is 2.80. The molecule has 1 aliphatic carbocycles. The predicted octanol–water partition coefficient (Wildman–Crippen LogP) is 1.93. The zero-order chi connectivity index (χ0) is 12.3. The summed E-state index contributed by atoms with van der Waals surface area (Å²) in [6, 6.07) is 0.568. The maximum atomic E-state index is 5.76. The predicted molar refractivity (Wildman–Crippen MR) is 73.0 cm³/mol. The first-order valence-electron chi connectivity index (χ1n) is 6.16. The molecule has 92 valence electrons. The molecule has 1 heterocycles. The van der Waals surface area contributed by atoms with Crippen molar-refractivity contribution in [3.05, 3.63) is 10.6 Å². The van der Waals surface area contributed by atoms with Crippen molar-refractivity contribution in [2.75, 3.05) is 18.8 Å². The van der Waals surface area contributed by atoms with Gasteiger partial charge in [0.2, 0.25) is 0 Å². The molecule has 0 spiro atoms. The molecule has 2 N–H and O–H groups in total. The normalized spacial score (nSPS) is 19.0. The first-order chi connectivity index (χ1) is 8.24. The summed E-state index contributed by atoms with van der Waals surface area (Å²) in [6.07, 6.45) is 9.84. The molecule has 0 saturated heterocycles. The molecule has 0 bridgehead atoms. The second-order valence-electron chi connectivity index (χ2n) is 4.49. The summed E-state index contributed by atoms with van der Waals surface area (Å²) < 4.78 is 0. The zero-order valence-electron chi connectivity index (χ0n) is 10.3. The molecular weight excluding hydrogens is 230 g/mol. The van der Waals surface area contributed by atoms with E-state index >= 15 is 0 Å². The van der Waals surface area contributed by atoms with Crippen LogP contribution in [-0.2, 0) is 12.8 Å². The fraction of sp³-hybridized carbons (Fsp3) is 0.615. The molecule has 0 fully saturated rings. The summed E-state index contributed by atoms with van der Waals surface area (Å²) in [4.78, 5) is 8.15. The summed E-state index contributed by atoms with van der Waals surface area (Å²) in [6.45, 7) is 4.03. The van der Waals surface area contributed by atoms with Gasteiger partial charge in [0.05, 0.1) is 12.2 Å². The first kappa shape index (κ1) is 12.4. The number of hydrogen-bond acceptors (Lipinski definition) is 4. The fourth-order valence-electron chi connectivity index (χ4n) is 2.48. The number of anilines is 1. The minimum absolute atomic E-state index is 0.568. The van der Waals surface area contributed by atoms with Gasteiger partial charge in [-0.05, 0) is 32.2 Å². The van der Waals surface area contributed by atoms with Crippen LogP contribution in [0.4, 0.5) is 5.13 Å². The maximum absolute atomic E-state index is 5.76. The lowest BCUT2D eigenvalue weighted by Gasteiger charge is -2.32. The van der Waals surface area contributed by atoms with Gasteiger partial charge < -0.3 is 5.73 Å². The molecule has 3 nitrogen and oxygen atoms in total. The van der Waals surface area contributed by atoms with E-state index in [1.807, 2.05) is 0 Å². The van der Waals surface area contributed by atoms with E-state index in [0.29, 0.717) is 11.2 Å². The number of hydrogen-bond donors (Lipinski definition) is 1. The van der Waals surface area contributed by atoms with Crippen molar-refractivity contribution >= 4 is 16.5 Å². The quantitative estimate of drug-likeness (QED) is 0.829. The van der Waals surface area contributed by atoms with Crippen molar-refractivity contribution in [1.82, 2.24) is 9.88 Å². The molecule has 0 amide bonds. The average molecular weight is 249 g/mol. The lowest BCUT2D eigenvalue weighted by Crippen LogP contribution is -2.39. The Hall–Kier alpha value is -1.05. The number of fused-ring (bicyclic) bond motifs is 1. The average Bonchev–Trinajstić information content (AvgIpc) is 2.67. The molecule has 1 aromatic heterocycles. The Kier molecular flexibility index (Phi) is 4.03. The highest BCUT2D eigenvalue weighted by Crippen LogP contribution is 2.30. The zero-order valence-corrected chi connectivity index (χ0v) is 11.1. The van der Waals surface area contributed by atoms with E-state index in [4.69, 9.17) is 12.2 Å². The topological polar surface area (TPSA) is 42.2 Å². The SMILES string of the molecule is C#CCN(CCC)C1CCc2nc(N)sc2C1. The van der Waals surface area contributed by atoms with Crippen LogP contribution in [0.1, 0.15) is 30.3 Å². The van der Waals surface area contributed by atoms with Gasteiger partial charge >= 0.3 is 0 Å². The first-order valence-corrected chi connectivity index (χ1v) is 6.97. The molecule has 17 heavy (non-hydrogen) atoms. The van der Waals surface area contributed by atoms with Crippen molar-refractivity contribution < 1.29 is 0 Å². The highest BCUT2D eigenvalue weighted by atomic mass is 32.1. The second-order valence-corrected chi connectivity index (χ2v) is 5.61. The van der Waals surface area contributed by atoms with Crippen LogP contribution in [0.2, 0.25) is 0 Å². The molecule has 2 rings (SSSR count). The van der Waals surface area contributed by atoms with Crippen LogP contribution in [0.5, 0.6) is 0 Å². The molecule has 0 aliphatic heterocycles. The number of nitrogen functional groups attached to an aromatic ring is 1. The number of rotatable bonds is 4. The number of terminal acetylenes is 1. The summed E-state index contributed by atoms with van der Waals surface area (Å²) in [5.74, 6) is 2.77. The van der Waals surface area contributed by atoms with Crippen molar-refractivity contribution in [3.8, 4) is 12.3 Å². The van der Waals surface area contributed by atoms with Gasteiger partial charge in [0, 0.05) is 10.9 Å². The Morgan fingerprint density at radius 3 is 3.18 bits per heavy atom. The summed E-state index contributed by atoms with van der Waals surface area (Å²) in [7, 11) is 0. The van der Waals surface area contributed by atoms with Gasteiger partial charge in [0.1, 0.15) is 0 Å². The third-order valence-corrected chi connectivity index (χ3v) is 4.20. The van der Waals surface area contributed by atoms with Crippen LogP contribution < -0.4 is 5.73 Å². The van der Waals surface area contributed by atoms with Crippen LogP contribution >= 0.6 is 11.3 Å². The van der Waals surface area contributed by atoms with Gasteiger partial charge in [-0.15, -0.1) is 17.8 Å². The van der Waals surface area contributed by atoms with E-state index in [9.17, 15) is 0 Å². The van der Waals surface area contributed by atoms with Gasteiger partial charge in [-0.1, -0.05) is 12.8 Å². The van der Waals surface area contributed by atoms with E-state index < -0.39 is 0 Å². The molecule has 0 saturated carbocycles. The summed E-state index contributed by atoms with van der Waals surface area (Å²) in [5.41, 5.74) is 6.97. The van der Waals surface area contributed by atoms with Crippen LogP contribution in [0.15, 0.2) is 0 Å². The van der Waals surface area contributed by atoms with E-state index in [1.54, 1.807) is 11.3 Å². The van der Waals surface area contributed by atoms with Crippen LogP contribution in [-0.4, -0.2) is 29.0 Å². The Morgan fingerprint density at radius 2 is 2.47 bits per heavy atom. The van der Waals surface area contributed by atoms with Gasteiger partial charge in [0.25, 0.3) is 0 Å². The van der Waals surface area contributed by atoms with E-state index in [2.05, 4.69) is 22.7 Å². The minimum Gasteiger partial charge on any atom is -0.375 e. The lowest BCUT2D eigenvalue weighted by molar-refractivity contribution is 0.203. The second kappa shape index (κ2) is 5.52.